The Morgan fingerprint density at radius 2 is 1.59 bits per heavy atom. The number of methoxy groups -OCH3 is 3. The number of anilines is 2. The molecule has 2 rings (SSSR count). The molecule has 0 unspecified atom stereocenters. The minimum absolute atomic E-state index is 0.324. The molecular formula is C19H19ClN2O5. The number of hydrogen-bond acceptors (Lipinski definition) is 5. The zero-order valence-electron chi connectivity index (χ0n) is 15.0. The molecule has 0 saturated carbocycles. The van der Waals surface area contributed by atoms with Gasteiger partial charge in [-0.25, -0.2) is 4.79 Å². The van der Waals surface area contributed by atoms with Crippen LogP contribution in [-0.2, 0) is 9.53 Å². The second kappa shape index (κ2) is 9.49. The predicted octanol–water partition coefficient (Wildman–Crippen LogP) is 4.19. The molecule has 8 heteroatoms. The molecule has 2 N–H and O–H groups in total. The van der Waals surface area contributed by atoms with Crippen LogP contribution in [0.15, 0.2) is 42.5 Å². The van der Waals surface area contributed by atoms with Crippen LogP contribution in [-0.4, -0.2) is 33.3 Å². The third-order valence-corrected chi connectivity index (χ3v) is 3.75. The summed E-state index contributed by atoms with van der Waals surface area (Å²) in [6, 6.07) is 9.98. The van der Waals surface area contributed by atoms with Gasteiger partial charge in [0, 0.05) is 17.5 Å². The lowest BCUT2D eigenvalue weighted by molar-refractivity contribution is -0.111. The summed E-state index contributed by atoms with van der Waals surface area (Å²) in [7, 11) is 4.29. The largest absolute Gasteiger partial charge is 0.493 e. The van der Waals surface area contributed by atoms with Gasteiger partial charge in [-0.05, 0) is 48.0 Å². The third-order valence-electron chi connectivity index (χ3n) is 3.47. The van der Waals surface area contributed by atoms with E-state index in [1.165, 1.54) is 27.4 Å². The first-order valence-corrected chi connectivity index (χ1v) is 8.20. The lowest BCUT2D eigenvalue weighted by atomic mass is 10.2. The van der Waals surface area contributed by atoms with Crippen LogP contribution in [0.2, 0.25) is 5.02 Å². The molecule has 2 aromatic carbocycles. The fourth-order valence-corrected chi connectivity index (χ4v) is 2.49. The van der Waals surface area contributed by atoms with E-state index in [0.717, 1.165) is 0 Å². The Balaban J connectivity index is 2.03. The van der Waals surface area contributed by atoms with E-state index in [-0.39, 0.29) is 5.91 Å². The monoisotopic (exact) mass is 390 g/mol. The number of carbonyl (C=O) groups is 2. The van der Waals surface area contributed by atoms with Gasteiger partial charge in [0.25, 0.3) is 0 Å². The number of ether oxygens (including phenoxy) is 3. The average Bonchev–Trinajstić information content (AvgIpc) is 2.67. The van der Waals surface area contributed by atoms with E-state index in [1.807, 2.05) is 0 Å². The Morgan fingerprint density at radius 1 is 0.963 bits per heavy atom. The van der Waals surface area contributed by atoms with Gasteiger partial charge in [0.05, 0.1) is 26.4 Å². The summed E-state index contributed by atoms with van der Waals surface area (Å²) >= 11 is 6.14. The van der Waals surface area contributed by atoms with Crippen molar-refractivity contribution in [3.05, 3.63) is 53.1 Å². The number of hydrogen-bond donors (Lipinski definition) is 2. The van der Waals surface area contributed by atoms with Gasteiger partial charge in [0.15, 0.2) is 11.5 Å². The second-order valence-corrected chi connectivity index (χ2v) is 5.66. The van der Waals surface area contributed by atoms with Gasteiger partial charge in [-0.15, -0.1) is 0 Å². The Hall–Kier alpha value is -3.19. The van der Waals surface area contributed by atoms with Crippen LogP contribution in [0.25, 0.3) is 6.08 Å². The number of nitrogens with one attached hydrogen (secondary N) is 2. The first kappa shape index (κ1) is 20.1. The molecule has 0 aliphatic rings. The van der Waals surface area contributed by atoms with Crippen molar-refractivity contribution in [2.24, 2.45) is 0 Å². The van der Waals surface area contributed by atoms with Crippen molar-refractivity contribution in [3.8, 4) is 11.5 Å². The number of rotatable bonds is 6. The summed E-state index contributed by atoms with van der Waals surface area (Å²) in [6.07, 6.45) is 2.41. The van der Waals surface area contributed by atoms with Crippen molar-refractivity contribution >= 4 is 41.1 Å². The normalized spacial score (nSPS) is 10.4. The second-order valence-electron chi connectivity index (χ2n) is 5.25. The number of amides is 2. The molecule has 0 aliphatic heterocycles. The zero-order chi connectivity index (χ0) is 19.8. The summed E-state index contributed by atoms with van der Waals surface area (Å²) < 4.78 is 14.9. The molecule has 2 aromatic rings. The SMILES string of the molecule is COC(=O)Nc1ccc(NC(=O)C=Cc2cc(Cl)c(OC)c(OC)c2)cc1. The van der Waals surface area contributed by atoms with Crippen molar-refractivity contribution in [3.63, 3.8) is 0 Å². The topological polar surface area (TPSA) is 85.9 Å². The van der Waals surface area contributed by atoms with Crippen molar-refractivity contribution in [2.45, 2.75) is 0 Å². The van der Waals surface area contributed by atoms with Crippen LogP contribution < -0.4 is 20.1 Å². The van der Waals surface area contributed by atoms with Gasteiger partial charge in [-0.1, -0.05) is 11.6 Å². The van der Waals surface area contributed by atoms with E-state index in [4.69, 9.17) is 21.1 Å². The molecule has 0 fully saturated rings. The first-order valence-electron chi connectivity index (χ1n) is 7.82. The van der Waals surface area contributed by atoms with Crippen LogP contribution in [0, 0.1) is 0 Å². The molecule has 0 aliphatic carbocycles. The van der Waals surface area contributed by atoms with Gasteiger partial charge in [0.1, 0.15) is 0 Å². The van der Waals surface area contributed by atoms with Crippen molar-refractivity contribution in [1.82, 2.24) is 0 Å². The van der Waals surface area contributed by atoms with Crippen LogP contribution in [0.5, 0.6) is 11.5 Å². The van der Waals surface area contributed by atoms with Crippen molar-refractivity contribution < 1.29 is 23.8 Å². The Kier molecular flexibility index (Phi) is 7.08. The van der Waals surface area contributed by atoms with E-state index < -0.39 is 6.09 Å². The van der Waals surface area contributed by atoms with E-state index >= 15 is 0 Å². The lowest BCUT2D eigenvalue weighted by Gasteiger charge is -2.10. The Labute approximate surface area is 161 Å². The van der Waals surface area contributed by atoms with Gasteiger partial charge in [0.2, 0.25) is 5.91 Å². The molecule has 2 amide bonds. The molecule has 0 heterocycles. The summed E-state index contributed by atoms with van der Waals surface area (Å²) in [6.45, 7) is 0. The molecule has 0 atom stereocenters. The highest BCUT2D eigenvalue weighted by molar-refractivity contribution is 6.32. The van der Waals surface area contributed by atoms with E-state index in [9.17, 15) is 9.59 Å². The zero-order valence-corrected chi connectivity index (χ0v) is 15.8. The molecule has 27 heavy (non-hydrogen) atoms. The number of halogens is 1. The fraction of sp³-hybridized carbons (Fsp3) is 0.158. The molecular weight excluding hydrogens is 372 g/mol. The standard InChI is InChI=1S/C19H19ClN2O5/c1-25-16-11-12(10-15(20)18(16)26-2)4-9-17(23)21-13-5-7-14(8-6-13)22-19(24)27-3/h4-11H,1-3H3,(H,21,23)(H,22,24). The average molecular weight is 391 g/mol. The quantitative estimate of drug-likeness (QED) is 0.722. The smallest absolute Gasteiger partial charge is 0.411 e. The molecule has 7 nitrogen and oxygen atoms in total. The number of benzene rings is 2. The predicted molar refractivity (Wildman–Crippen MR) is 105 cm³/mol. The number of carbonyl (C=O) groups excluding carboxylic acids is 2. The van der Waals surface area contributed by atoms with E-state index in [2.05, 4.69) is 15.4 Å². The molecule has 0 aromatic heterocycles. The summed E-state index contributed by atoms with van der Waals surface area (Å²) in [5.41, 5.74) is 1.81. The fourth-order valence-electron chi connectivity index (χ4n) is 2.20. The van der Waals surface area contributed by atoms with E-state index in [1.54, 1.807) is 42.5 Å². The highest BCUT2D eigenvalue weighted by Crippen LogP contribution is 2.36. The highest BCUT2D eigenvalue weighted by atomic mass is 35.5. The minimum Gasteiger partial charge on any atom is -0.493 e. The Morgan fingerprint density at radius 3 is 2.15 bits per heavy atom. The molecule has 0 saturated heterocycles. The highest BCUT2D eigenvalue weighted by Gasteiger charge is 2.10. The summed E-state index contributed by atoms with van der Waals surface area (Å²) in [5, 5.41) is 5.62. The lowest BCUT2D eigenvalue weighted by Crippen LogP contribution is -2.11. The maximum atomic E-state index is 12.1. The molecule has 0 spiro atoms. The summed E-state index contributed by atoms with van der Waals surface area (Å²) in [4.78, 5) is 23.2. The Bertz CT molecular complexity index is 850. The molecule has 142 valence electrons. The van der Waals surface area contributed by atoms with Crippen LogP contribution in [0.3, 0.4) is 0 Å². The molecule has 0 radical (unpaired) electrons. The third kappa shape index (κ3) is 5.65. The maximum Gasteiger partial charge on any atom is 0.411 e. The van der Waals surface area contributed by atoms with Crippen LogP contribution in [0.4, 0.5) is 16.2 Å². The van der Waals surface area contributed by atoms with E-state index in [0.29, 0.717) is 33.5 Å². The minimum atomic E-state index is -0.566. The van der Waals surface area contributed by atoms with Gasteiger partial charge < -0.3 is 19.5 Å². The summed E-state index contributed by atoms with van der Waals surface area (Å²) in [5.74, 6) is 0.578. The van der Waals surface area contributed by atoms with Crippen molar-refractivity contribution in [2.75, 3.05) is 32.0 Å². The van der Waals surface area contributed by atoms with Crippen LogP contribution >= 0.6 is 11.6 Å². The van der Waals surface area contributed by atoms with Crippen molar-refractivity contribution in [1.29, 1.82) is 0 Å². The van der Waals surface area contributed by atoms with Gasteiger partial charge in [-0.3, -0.25) is 10.1 Å². The first-order chi connectivity index (χ1) is 13.0. The van der Waals surface area contributed by atoms with Gasteiger partial charge >= 0.3 is 6.09 Å². The molecule has 0 bridgehead atoms. The van der Waals surface area contributed by atoms with Gasteiger partial charge in [-0.2, -0.15) is 0 Å². The maximum absolute atomic E-state index is 12.1. The van der Waals surface area contributed by atoms with Crippen LogP contribution in [0.1, 0.15) is 5.56 Å².